The van der Waals surface area contributed by atoms with Crippen molar-refractivity contribution in [2.75, 3.05) is 30.1 Å². The fourth-order valence-electron chi connectivity index (χ4n) is 2.86. The van der Waals surface area contributed by atoms with Gasteiger partial charge in [-0.05, 0) is 12.1 Å². The molecule has 108 valence electrons. The Morgan fingerprint density at radius 2 is 2.15 bits per heavy atom. The lowest BCUT2D eigenvalue weighted by Crippen LogP contribution is -2.60. The Balaban J connectivity index is 1.99. The van der Waals surface area contributed by atoms with Crippen molar-refractivity contribution in [2.45, 2.75) is 12.1 Å². The van der Waals surface area contributed by atoms with Gasteiger partial charge in [-0.3, -0.25) is 4.79 Å². The van der Waals surface area contributed by atoms with Crippen LogP contribution in [0.3, 0.4) is 0 Å². The second-order valence-electron chi connectivity index (χ2n) is 5.10. The third kappa shape index (κ3) is 2.27. The molecule has 0 bridgehead atoms. The molecule has 0 spiro atoms. The summed E-state index contributed by atoms with van der Waals surface area (Å²) in [5.74, 6) is 0.627. The van der Waals surface area contributed by atoms with Gasteiger partial charge in [0.1, 0.15) is 5.75 Å². The van der Waals surface area contributed by atoms with Crippen LogP contribution in [0, 0.1) is 0 Å². The summed E-state index contributed by atoms with van der Waals surface area (Å²) < 4.78 is 28.8. The van der Waals surface area contributed by atoms with E-state index in [4.69, 9.17) is 4.74 Å². The number of carbonyl (C=O) groups excluding carboxylic acids is 1. The summed E-state index contributed by atoms with van der Waals surface area (Å²) in [6.45, 7) is 0.161. The van der Waals surface area contributed by atoms with Crippen molar-refractivity contribution in [3.05, 3.63) is 24.3 Å². The molecule has 2 fully saturated rings. The minimum absolute atomic E-state index is 0.00756. The molecule has 0 saturated carbocycles. The molecule has 1 aromatic rings. The lowest BCUT2D eigenvalue weighted by Gasteiger charge is -2.37. The molecule has 7 heteroatoms. The second kappa shape index (κ2) is 4.75. The summed E-state index contributed by atoms with van der Waals surface area (Å²) in [4.78, 5) is 13.8. The molecular formula is C13H16N2O4S. The van der Waals surface area contributed by atoms with E-state index in [9.17, 15) is 13.2 Å². The van der Waals surface area contributed by atoms with E-state index in [1.54, 1.807) is 36.3 Å². The van der Waals surface area contributed by atoms with Gasteiger partial charge < -0.3 is 15.0 Å². The molecule has 0 radical (unpaired) electrons. The maximum absolute atomic E-state index is 12.2. The number of fused-ring (bicyclic) bond motifs is 1. The summed E-state index contributed by atoms with van der Waals surface area (Å²) in [5.41, 5.74) is 0.683. The first kappa shape index (κ1) is 13.4. The predicted molar refractivity (Wildman–Crippen MR) is 74.7 cm³/mol. The Morgan fingerprint density at radius 3 is 2.90 bits per heavy atom. The van der Waals surface area contributed by atoms with Crippen LogP contribution in [0.1, 0.15) is 0 Å². The zero-order valence-electron chi connectivity index (χ0n) is 11.1. The van der Waals surface area contributed by atoms with Crippen LogP contribution < -0.4 is 15.0 Å². The molecule has 0 unspecified atom stereocenters. The van der Waals surface area contributed by atoms with Crippen molar-refractivity contribution < 1.29 is 17.9 Å². The van der Waals surface area contributed by atoms with Crippen LogP contribution in [0.15, 0.2) is 24.3 Å². The van der Waals surface area contributed by atoms with E-state index >= 15 is 0 Å². The molecule has 6 nitrogen and oxygen atoms in total. The SMILES string of the molecule is COc1cccc(N2C(=O)CN[C@@H]3CS(=O)(=O)C[C@@H]32)c1. The van der Waals surface area contributed by atoms with E-state index in [-0.39, 0.29) is 36.0 Å². The number of anilines is 1. The number of rotatable bonds is 2. The van der Waals surface area contributed by atoms with Gasteiger partial charge in [0.2, 0.25) is 5.91 Å². The van der Waals surface area contributed by atoms with E-state index in [0.717, 1.165) is 0 Å². The molecule has 2 heterocycles. The molecule has 2 atom stereocenters. The lowest BCUT2D eigenvalue weighted by molar-refractivity contribution is -0.119. The maximum Gasteiger partial charge on any atom is 0.241 e. The van der Waals surface area contributed by atoms with Crippen LogP contribution in [0.5, 0.6) is 5.75 Å². The van der Waals surface area contributed by atoms with Gasteiger partial charge in [0, 0.05) is 17.8 Å². The van der Waals surface area contributed by atoms with Crippen LogP contribution in [0.25, 0.3) is 0 Å². The quantitative estimate of drug-likeness (QED) is 0.818. The van der Waals surface area contributed by atoms with Crippen molar-refractivity contribution in [3.8, 4) is 5.75 Å². The highest BCUT2D eigenvalue weighted by atomic mass is 32.2. The maximum atomic E-state index is 12.2. The first-order valence-corrected chi connectivity index (χ1v) is 8.22. The monoisotopic (exact) mass is 296 g/mol. The number of carbonyl (C=O) groups is 1. The highest BCUT2D eigenvalue weighted by Gasteiger charge is 2.46. The van der Waals surface area contributed by atoms with Gasteiger partial charge in [-0.15, -0.1) is 0 Å². The normalized spacial score (nSPS) is 28.2. The fraction of sp³-hybridized carbons (Fsp3) is 0.462. The van der Waals surface area contributed by atoms with Gasteiger partial charge >= 0.3 is 0 Å². The van der Waals surface area contributed by atoms with Crippen molar-refractivity contribution in [1.29, 1.82) is 0 Å². The van der Waals surface area contributed by atoms with E-state index in [1.165, 1.54) is 0 Å². The molecule has 1 N–H and O–H groups in total. The summed E-state index contributed by atoms with van der Waals surface area (Å²) in [7, 11) is -1.54. The zero-order chi connectivity index (χ0) is 14.3. The lowest BCUT2D eigenvalue weighted by atomic mass is 10.1. The number of piperazine rings is 1. The average molecular weight is 296 g/mol. The molecule has 1 amide bonds. The molecule has 3 rings (SSSR count). The van der Waals surface area contributed by atoms with Crippen LogP contribution in [0.4, 0.5) is 5.69 Å². The molecule has 1 aromatic carbocycles. The smallest absolute Gasteiger partial charge is 0.241 e. The Hall–Kier alpha value is -1.60. The number of benzene rings is 1. The minimum atomic E-state index is -3.10. The average Bonchev–Trinajstić information content (AvgIpc) is 2.73. The van der Waals surface area contributed by atoms with Crippen LogP contribution >= 0.6 is 0 Å². The molecule has 20 heavy (non-hydrogen) atoms. The van der Waals surface area contributed by atoms with E-state index < -0.39 is 9.84 Å². The molecular weight excluding hydrogens is 280 g/mol. The Kier molecular flexibility index (Phi) is 3.18. The van der Waals surface area contributed by atoms with E-state index in [0.29, 0.717) is 11.4 Å². The Labute approximate surface area is 117 Å². The number of amides is 1. The minimum Gasteiger partial charge on any atom is -0.497 e. The van der Waals surface area contributed by atoms with E-state index in [1.807, 2.05) is 0 Å². The number of hydrogen-bond acceptors (Lipinski definition) is 5. The Bertz CT molecular complexity index is 644. The number of methoxy groups -OCH3 is 1. The van der Waals surface area contributed by atoms with Crippen molar-refractivity contribution in [2.24, 2.45) is 0 Å². The largest absolute Gasteiger partial charge is 0.497 e. The third-order valence-electron chi connectivity index (χ3n) is 3.77. The highest BCUT2D eigenvalue weighted by Crippen LogP contribution is 2.29. The summed E-state index contributed by atoms with van der Waals surface area (Å²) in [5, 5.41) is 3.01. The highest BCUT2D eigenvalue weighted by molar-refractivity contribution is 7.91. The van der Waals surface area contributed by atoms with Crippen molar-refractivity contribution >= 4 is 21.4 Å². The standard InChI is InChI=1S/C13H16N2O4S/c1-19-10-4-2-3-9(5-10)15-12-8-20(17,18)7-11(12)14-6-13(15)16/h2-5,11-12,14H,6-8H2,1H3/t11-,12+/m1/s1. The summed E-state index contributed by atoms with van der Waals surface area (Å²) >= 11 is 0. The topological polar surface area (TPSA) is 75.7 Å². The number of nitrogens with one attached hydrogen (secondary N) is 1. The first-order chi connectivity index (χ1) is 9.50. The van der Waals surface area contributed by atoms with Crippen molar-refractivity contribution in [1.82, 2.24) is 5.32 Å². The summed E-state index contributed by atoms with van der Waals surface area (Å²) in [6.07, 6.45) is 0. The number of ether oxygens (including phenoxy) is 1. The van der Waals surface area contributed by atoms with Crippen molar-refractivity contribution in [3.63, 3.8) is 0 Å². The fourth-order valence-corrected chi connectivity index (χ4v) is 4.79. The molecule has 2 aliphatic rings. The molecule has 0 aromatic heterocycles. The van der Waals surface area contributed by atoms with Crippen LogP contribution in [0.2, 0.25) is 0 Å². The number of nitrogens with zero attached hydrogens (tertiary/aromatic N) is 1. The molecule has 2 saturated heterocycles. The predicted octanol–water partition coefficient (Wildman–Crippen LogP) is -0.203. The van der Waals surface area contributed by atoms with Gasteiger partial charge in [-0.25, -0.2) is 8.42 Å². The zero-order valence-corrected chi connectivity index (χ0v) is 11.9. The second-order valence-corrected chi connectivity index (χ2v) is 7.25. The van der Waals surface area contributed by atoms with Gasteiger partial charge in [-0.2, -0.15) is 0 Å². The van der Waals surface area contributed by atoms with Crippen LogP contribution in [-0.2, 0) is 14.6 Å². The third-order valence-corrected chi connectivity index (χ3v) is 5.49. The molecule has 0 aliphatic carbocycles. The van der Waals surface area contributed by atoms with Crippen LogP contribution in [-0.4, -0.2) is 51.6 Å². The molecule has 2 aliphatic heterocycles. The van der Waals surface area contributed by atoms with Gasteiger partial charge in [0.05, 0.1) is 31.2 Å². The summed E-state index contributed by atoms with van der Waals surface area (Å²) in [6, 6.07) is 6.61. The van der Waals surface area contributed by atoms with Gasteiger partial charge in [0.15, 0.2) is 9.84 Å². The van der Waals surface area contributed by atoms with E-state index in [2.05, 4.69) is 5.32 Å². The number of sulfone groups is 1. The number of hydrogen-bond donors (Lipinski definition) is 1. The van der Waals surface area contributed by atoms with Gasteiger partial charge in [0.25, 0.3) is 0 Å². The Morgan fingerprint density at radius 1 is 1.35 bits per heavy atom. The van der Waals surface area contributed by atoms with Gasteiger partial charge in [-0.1, -0.05) is 6.07 Å². The first-order valence-electron chi connectivity index (χ1n) is 6.40.